The summed E-state index contributed by atoms with van der Waals surface area (Å²) in [4.78, 5) is 1.14. The van der Waals surface area contributed by atoms with Crippen LogP contribution in [-0.4, -0.2) is 22.2 Å². The van der Waals surface area contributed by atoms with Crippen LogP contribution in [0.3, 0.4) is 0 Å². The van der Waals surface area contributed by atoms with Gasteiger partial charge in [-0.2, -0.15) is 0 Å². The first-order valence-electron chi connectivity index (χ1n) is 9.87. The highest BCUT2D eigenvalue weighted by Crippen LogP contribution is 2.41. The lowest BCUT2D eigenvalue weighted by Gasteiger charge is -2.27. The van der Waals surface area contributed by atoms with E-state index in [2.05, 4.69) is 0 Å². The number of phenols is 2. The Hall–Kier alpha value is -2.42. The first kappa shape index (κ1) is 25.8. The largest absolute Gasteiger partial charge is 0.507 e. The fourth-order valence-corrected chi connectivity index (χ4v) is 3.65. The van der Waals surface area contributed by atoms with Crippen LogP contribution in [0.5, 0.6) is 11.5 Å². The Balaban J connectivity index is 2.55. The van der Waals surface area contributed by atoms with Gasteiger partial charge in [-0.05, 0) is 17.9 Å². The normalized spacial score (nSPS) is 12.7. The van der Waals surface area contributed by atoms with Crippen molar-refractivity contribution in [1.29, 1.82) is 0 Å². The second-order valence-corrected chi connectivity index (χ2v) is 9.96. The summed E-state index contributed by atoms with van der Waals surface area (Å²) in [5, 5.41) is 20.9. The number of hydrogen-bond acceptors (Lipinski definition) is 3. The summed E-state index contributed by atoms with van der Waals surface area (Å²) in [5.74, 6) is -11.4. The SMILES string of the molecule is CN(Cc1c(O)c(C(C)(C)C)c(F)c(F)c1F)Cc1c(O)c(C(C)(C)C)c(F)c(F)c1F. The van der Waals surface area contributed by atoms with Crippen molar-refractivity contribution in [2.24, 2.45) is 0 Å². The molecule has 0 aliphatic heterocycles. The molecule has 0 bridgehead atoms. The quantitative estimate of drug-likeness (QED) is 0.422. The van der Waals surface area contributed by atoms with Crippen LogP contribution in [0.1, 0.15) is 63.8 Å². The van der Waals surface area contributed by atoms with E-state index in [1.165, 1.54) is 48.6 Å². The zero-order valence-electron chi connectivity index (χ0n) is 19.0. The Labute approximate surface area is 183 Å². The van der Waals surface area contributed by atoms with Crippen LogP contribution in [-0.2, 0) is 23.9 Å². The molecule has 0 spiro atoms. The molecule has 0 atom stereocenters. The minimum Gasteiger partial charge on any atom is -0.507 e. The van der Waals surface area contributed by atoms with E-state index in [1.54, 1.807) is 0 Å². The fourth-order valence-electron chi connectivity index (χ4n) is 3.65. The summed E-state index contributed by atoms with van der Waals surface area (Å²) in [7, 11) is 1.30. The molecule has 0 aliphatic carbocycles. The van der Waals surface area contributed by atoms with E-state index < -0.39 is 92.6 Å². The third kappa shape index (κ3) is 4.53. The molecule has 9 heteroatoms. The van der Waals surface area contributed by atoms with Gasteiger partial charge in [-0.1, -0.05) is 41.5 Å². The Morgan fingerprint density at radius 2 is 0.844 bits per heavy atom. The van der Waals surface area contributed by atoms with Gasteiger partial charge in [-0.15, -0.1) is 0 Å². The van der Waals surface area contributed by atoms with E-state index in [0.29, 0.717) is 0 Å². The van der Waals surface area contributed by atoms with E-state index in [9.17, 15) is 36.6 Å². The minimum absolute atomic E-state index is 0.434. The first-order valence-corrected chi connectivity index (χ1v) is 9.87. The molecule has 0 fully saturated rings. The van der Waals surface area contributed by atoms with Gasteiger partial charge in [0.2, 0.25) is 0 Å². The summed E-state index contributed by atoms with van der Waals surface area (Å²) in [6.45, 7) is 7.91. The van der Waals surface area contributed by atoms with Crippen molar-refractivity contribution in [3.05, 3.63) is 57.2 Å². The average Bonchev–Trinajstić information content (AvgIpc) is 2.63. The van der Waals surface area contributed by atoms with Gasteiger partial charge in [0.15, 0.2) is 34.9 Å². The predicted octanol–water partition coefficient (Wildman–Crippen LogP) is 6.16. The summed E-state index contributed by atoms with van der Waals surface area (Å²) in [5.41, 5.74) is -4.18. The van der Waals surface area contributed by atoms with Gasteiger partial charge in [-0.25, -0.2) is 26.3 Å². The molecular weight excluding hydrogens is 436 g/mol. The van der Waals surface area contributed by atoms with Crippen LogP contribution >= 0.6 is 0 Å². The molecular formula is C23H27F6NO2. The van der Waals surface area contributed by atoms with Crippen molar-refractivity contribution in [1.82, 2.24) is 4.90 Å². The van der Waals surface area contributed by atoms with E-state index in [4.69, 9.17) is 0 Å². The highest BCUT2D eigenvalue weighted by Gasteiger charge is 2.34. The Kier molecular flexibility index (Phi) is 6.86. The fraction of sp³-hybridized carbons (Fsp3) is 0.478. The molecule has 0 saturated heterocycles. The van der Waals surface area contributed by atoms with Gasteiger partial charge in [0.05, 0.1) is 0 Å². The standard InChI is InChI=1S/C23H27F6NO2/c1-22(2,3)12-16(26)18(28)14(24)10(20(12)31)8-30(7)9-11-15(25)19(29)17(27)13(21(11)32)23(4,5)6/h31-32H,8-9H2,1-7H3. The maximum Gasteiger partial charge on any atom is 0.195 e. The van der Waals surface area contributed by atoms with Crippen LogP contribution in [0, 0.1) is 34.9 Å². The highest BCUT2D eigenvalue weighted by molar-refractivity contribution is 5.48. The number of benzene rings is 2. The Bertz CT molecular complexity index is 971. The van der Waals surface area contributed by atoms with E-state index in [1.807, 2.05) is 0 Å². The lowest BCUT2D eigenvalue weighted by Crippen LogP contribution is -2.24. The maximum atomic E-state index is 14.5. The summed E-state index contributed by atoms with van der Waals surface area (Å²) in [6, 6.07) is 0. The topological polar surface area (TPSA) is 43.7 Å². The van der Waals surface area contributed by atoms with Gasteiger partial charge in [-0.3, -0.25) is 4.90 Å². The minimum atomic E-state index is -1.77. The van der Waals surface area contributed by atoms with Crippen molar-refractivity contribution in [3.63, 3.8) is 0 Å². The molecule has 0 amide bonds. The maximum absolute atomic E-state index is 14.5. The van der Waals surface area contributed by atoms with Gasteiger partial charge in [0, 0.05) is 35.3 Å². The van der Waals surface area contributed by atoms with Crippen molar-refractivity contribution in [2.45, 2.75) is 65.5 Å². The summed E-state index contributed by atoms with van der Waals surface area (Å²) < 4.78 is 85.8. The molecule has 2 aromatic carbocycles. The third-order valence-electron chi connectivity index (χ3n) is 5.14. The Morgan fingerprint density at radius 3 is 1.09 bits per heavy atom. The van der Waals surface area contributed by atoms with E-state index in [0.717, 1.165) is 4.90 Å². The van der Waals surface area contributed by atoms with E-state index in [-0.39, 0.29) is 0 Å². The van der Waals surface area contributed by atoms with Crippen molar-refractivity contribution in [2.75, 3.05) is 7.05 Å². The number of aromatic hydroxyl groups is 2. The molecule has 3 nitrogen and oxygen atoms in total. The van der Waals surface area contributed by atoms with Crippen LogP contribution in [0.15, 0.2) is 0 Å². The van der Waals surface area contributed by atoms with Crippen molar-refractivity contribution in [3.8, 4) is 11.5 Å². The predicted molar refractivity (Wildman–Crippen MR) is 109 cm³/mol. The lowest BCUT2D eigenvalue weighted by atomic mass is 9.84. The Morgan fingerprint density at radius 1 is 0.562 bits per heavy atom. The molecule has 178 valence electrons. The third-order valence-corrected chi connectivity index (χ3v) is 5.14. The van der Waals surface area contributed by atoms with Crippen LogP contribution in [0.25, 0.3) is 0 Å². The van der Waals surface area contributed by atoms with Gasteiger partial charge in [0.1, 0.15) is 11.5 Å². The summed E-state index contributed by atoms with van der Waals surface area (Å²) >= 11 is 0. The summed E-state index contributed by atoms with van der Waals surface area (Å²) in [6.07, 6.45) is 0. The van der Waals surface area contributed by atoms with Crippen molar-refractivity contribution >= 4 is 0 Å². The monoisotopic (exact) mass is 463 g/mol. The number of rotatable bonds is 4. The molecule has 0 aromatic heterocycles. The molecule has 32 heavy (non-hydrogen) atoms. The number of hydrogen-bond donors (Lipinski definition) is 2. The van der Waals surface area contributed by atoms with Gasteiger partial charge >= 0.3 is 0 Å². The van der Waals surface area contributed by atoms with E-state index >= 15 is 0 Å². The van der Waals surface area contributed by atoms with Crippen LogP contribution in [0.2, 0.25) is 0 Å². The van der Waals surface area contributed by atoms with Crippen LogP contribution in [0.4, 0.5) is 26.3 Å². The molecule has 0 radical (unpaired) electrons. The van der Waals surface area contributed by atoms with Gasteiger partial charge in [0.25, 0.3) is 0 Å². The first-order chi connectivity index (χ1) is 14.4. The molecule has 0 aliphatic rings. The smallest absolute Gasteiger partial charge is 0.195 e. The zero-order valence-corrected chi connectivity index (χ0v) is 19.0. The number of nitrogens with zero attached hydrogens (tertiary/aromatic N) is 1. The second kappa shape index (κ2) is 8.50. The number of phenolic OH excluding ortho intramolecular Hbond substituents is 2. The molecule has 2 rings (SSSR count). The highest BCUT2D eigenvalue weighted by atomic mass is 19.2. The lowest BCUT2D eigenvalue weighted by molar-refractivity contribution is 0.282. The molecule has 0 heterocycles. The zero-order chi connectivity index (χ0) is 24.9. The van der Waals surface area contributed by atoms with Gasteiger partial charge < -0.3 is 10.2 Å². The average molecular weight is 463 g/mol. The van der Waals surface area contributed by atoms with Crippen LogP contribution < -0.4 is 0 Å². The van der Waals surface area contributed by atoms with Crippen molar-refractivity contribution < 1.29 is 36.6 Å². The molecule has 0 unspecified atom stereocenters. The second-order valence-electron chi connectivity index (χ2n) is 9.96. The molecule has 2 aromatic rings. The number of halogens is 6. The molecule has 0 saturated carbocycles. The molecule has 2 N–H and O–H groups in total.